The number of para-hydroxylation sites is 1. The summed E-state index contributed by atoms with van der Waals surface area (Å²) in [7, 11) is 3.39. The lowest BCUT2D eigenvalue weighted by Gasteiger charge is -2.20. The third-order valence-corrected chi connectivity index (χ3v) is 4.82. The van der Waals surface area contributed by atoms with Gasteiger partial charge in [-0.3, -0.25) is 0 Å². The van der Waals surface area contributed by atoms with Gasteiger partial charge in [-0.15, -0.1) is 0 Å². The fourth-order valence-corrected chi connectivity index (χ4v) is 3.51. The van der Waals surface area contributed by atoms with Crippen LogP contribution in [0.15, 0.2) is 18.2 Å². The molecule has 1 saturated heterocycles. The van der Waals surface area contributed by atoms with Gasteiger partial charge in [-0.2, -0.15) is 0 Å². The average Bonchev–Trinajstić information content (AvgIpc) is 2.62. The predicted molar refractivity (Wildman–Crippen MR) is 71.9 cm³/mol. The summed E-state index contributed by atoms with van der Waals surface area (Å²) < 4.78 is 26.8. The standard InChI is InChI=1S/C11H12F2N2OS2/c12-8-2-1-3-9(13)10(8)14-11(16)15-4-6-17-18-7-5-15/h1-3H,4-7H2,(H,14,16). The van der Waals surface area contributed by atoms with E-state index in [1.807, 2.05) is 0 Å². The van der Waals surface area contributed by atoms with Gasteiger partial charge in [-0.05, 0) is 12.1 Å². The van der Waals surface area contributed by atoms with Crippen LogP contribution in [0, 0.1) is 11.6 Å². The van der Waals surface area contributed by atoms with E-state index in [9.17, 15) is 13.6 Å². The van der Waals surface area contributed by atoms with Crippen LogP contribution in [-0.4, -0.2) is 35.5 Å². The number of nitrogens with one attached hydrogen (secondary N) is 1. The molecule has 2 rings (SSSR count). The summed E-state index contributed by atoms with van der Waals surface area (Å²) in [6.07, 6.45) is 0. The van der Waals surface area contributed by atoms with Crippen molar-refractivity contribution in [3.8, 4) is 0 Å². The van der Waals surface area contributed by atoms with Crippen molar-refractivity contribution < 1.29 is 13.6 Å². The Bertz CT molecular complexity index is 417. The number of nitrogens with zero attached hydrogens (tertiary/aromatic N) is 1. The van der Waals surface area contributed by atoms with Crippen LogP contribution in [-0.2, 0) is 0 Å². The van der Waals surface area contributed by atoms with Crippen molar-refractivity contribution in [3.05, 3.63) is 29.8 Å². The van der Waals surface area contributed by atoms with E-state index >= 15 is 0 Å². The van der Waals surface area contributed by atoms with Crippen LogP contribution < -0.4 is 5.32 Å². The van der Waals surface area contributed by atoms with Crippen LogP contribution in [0.5, 0.6) is 0 Å². The molecular formula is C11H12F2N2OS2. The minimum atomic E-state index is -0.762. The molecule has 3 nitrogen and oxygen atoms in total. The van der Waals surface area contributed by atoms with E-state index in [0.29, 0.717) is 13.1 Å². The lowest BCUT2D eigenvalue weighted by Crippen LogP contribution is -2.37. The molecule has 0 unspecified atom stereocenters. The number of hydrogen-bond donors (Lipinski definition) is 1. The molecule has 0 radical (unpaired) electrons. The first-order chi connectivity index (χ1) is 8.68. The van der Waals surface area contributed by atoms with E-state index in [1.165, 1.54) is 6.07 Å². The molecule has 1 aliphatic heterocycles. The van der Waals surface area contributed by atoms with Gasteiger partial charge in [0.25, 0.3) is 0 Å². The predicted octanol–water partition coefficient (Wildman–Crippen LogP) is 3.19. The zero-order chi connectivity index (χ0) is 13.0. The maximum atomic E-state index is 13.4. The minimum absolute atomic E-state index is 0.382. The smallest absolute Gasteiger partial charge is 0.322 e. The first-order valence-corrected chi connectivity index (χ1v) is 7.91. The summed E-state index contributed by atoms with van der Waals surface area (Å²) in [5.74, 6) is 0.110. The van der Waals surface area contributed by atoms with Gasteiger partial charge < -0.3 is 10.2 Å². The summed E-state index contributed by atoms with van der Waals surface area (Å²) in [6.45, 7) is 1.17. The number of halogens is 2. The summed E-state index contributed by atoms with van der Waals surface area (Å²) in [6, 6.07) is 3.04. The molecule has 98 valence electrons. The molecule has 1 aromatic rings. The van der Waals surface area contributed by atoms with Crippen LogP contribution in [0.25, 0.3) is 0 Å². The van der Waals surface area contributed by atoms with Gasteiger partial charge >= 0.3 is 6.03 Å². The maximum Gasteiger partial charge on any atom is 0.322 e. The molecule has 0 saturated carbocycles. The van der Waals surface area contributed by atoms with Gasteiger partial charge in [0.15, 0.2) is 0 Å². The van der Waals surface area contributed by atoms with Crippen molar-refractivity contribution in [1.29, 1.82) is 0 Å². The monoisotopic (exact) mass is 290 g/mol. The lowest BCUT2D eigenvalue weighted by molar-refractivity contribution is 0.218. The van der Waals surface area contributed by atoms with Gasteiger partial charge in [-0.25, -0.2) is 13.6 Å². The molecule has 1 aromatic carbocycles. The minimum Gasteiger partial charge on any atom is -0.323 e. The number of rotatable bonds is 1. The molecule has 0 bridgehead atoms. The van der Waals surface area contributed by atoms with E-state index in [-0.39, 0.29) is 5.69 Å². The fraction of sp³-hybridized carbons (Fsp3) is 0.364. The van der Waals surface area contributed by atoms with Crippen LogP contribution >= 0.6 is 21.6 Å². The highest BCUT2D eigenvalue weighted by Gasteiger charge is 2.18. The molecule has 1 aliphatic rings. The summed E-state index contributed by atoms with van der Waals surface area (Å²) in [5, 5.41) is 2.29. The molecule has 0 aromatic heterocycles. The van der Waals surface area contributed by atoms with Crippen LogP contribution in [0.1, 0.15) is 0 Å². The van der Waals surface area contributed by atoms with Crippen molar-refractivity contribution in [2.45, 2.75) is 0 Å². The highest BCUT2D eigenvalue weighted by Crippen LogP contribution is 2.24. The maximum absolute atomic E-state index is 13.4. The number of carbonyl (C=O) groups is 1. The highest BCUT2D eigenvalue weighted by atomic mass is 33.1. The van der Waals surface area contributed by atoms with Crippen molar-refractivity contribution in [2.75, 3.05) is 29.9 Å². The molecule has 1 N–H and O–H groups in total. The third kappa shape index (κ3) is 3.29. The second-order valence-corrected chi connectivity index (χ2v) is 6.36. The zero-order valence-electron chi connectivity index (χ0n) is 9.49. The second kappa shape index (κ2) is 6.29. The molecule has 0 aliphatic carbocycles. The second-order valence-electron chi connectivity index (χ2n) is 3.66. The first kappa shape index (κ1) is 13.5. The number of urea groups is 1. The topological polar surface area (TPSA) is 32.3 Å². The highest BCUT2D eigenvalue weighted by molar-refractivity contribution is 8.76. The molecule has 0 atom stereocenters. The molecule has 1 heterocycles. The Balaban J connectivity index is 2.06. The van der Waals surface area contributed by atoms with E-state index in [4.69, 9.17) is 0 Å². The Hall–Kier alpha value is -0.950. The molecule has 2 amide bonds. The molecule has 1 fully saturated rings. The zero-order valence-corrected chi connectivity index (χ0v) is 11.1. The summed E-state index contributed by atoms with van der Waals surface area (Å²) >= 11 is 0. The Morgan fingerprint density at radius 2 is 1.72 bits per heavy atom. The molecule has 7 heteroatoms. The largest absolute Gasteiger partial charge is 0.323 e. The van der Waals surface area contributed by atoms with Crippen LogP contribution in [0.2, 0.25) is 0 Å². The number of amides is 2. The van der Waals surface area contributed by atoms with Gasteiger partial charge in [0.2, 0.25) is 0 Å². The van der Waals surface area contributed by atoms with Crippen molar-refractivity contribution >= 4 is 33.3 Å². The summed E-state index contributed by atoms with van der Waals surface area (Å²) in [4.78, 5) is 13.5. The Kier molecular flexibility index (Phi) is 4.71. The molecular weight excluding hydrogens is 278 g/mol. The average molecular weight is 290 g/mol. The molecule has 0 spiro atoms. The van der Waals surface area contributed by atoms with Gasteiger partial charge in [0.1, 0.15) is 17.3 Å². The number of hydrogen-bond acceptors (Lipinski definition) is 3. The van der Waals surface area contributed by atoms with Crippen LogP contribution in [0.3, 0.4) is 0 Å². The van der Waals surface area contributed by atoms with Gasteiger partial charge in [-0.1, -0.05) is 27.7 Å². The lowest BCUT2D eigenvalue weighted by atomic mass is 10.3. The van der Waals surface area contributed by atoms with E-state index in [2.05, 4.69) is 5.32 Å². The normalized spacial score (nSPS) is 16.2. The third-order valence-electron chi connectivity index (χ3n) is 2.45. The van der Waals surface area contributed by atoms with Gasteiger partial charge in [0.05, 0.1) is 0 Å². The first-order valence-electron chi connectivity index (χ1n) is 5.43. The SMILES string of the molecule is O=C(Nc1c(F)cccc1F)N1CCSSCC1. The van der Waals surface area contributed by atoms with Crippen molar-refractivity contribution in [2.24, 2.45) is 0 Å². The van der Waals surface area contributed by atoms with Crippen molar-refractivity contribution in [3.63, 3.8) is 0 Å². The number of anilines is 1. The van der Waals surface area contributed by atoms with Crippen LogP contribution in [0.4, 0.5) is 19.3 Å². The quantitative estimate of drug-likeness (QED) is 0.806. The Labute approximate surface area is 112 Å². The Morgan fingerprint density at radius 1 is 1.17 bits per heavy atom. The Morgan fingerprint density at radius 3 is 2.28 bits per heavy atom. The summed E-state index contributed by atoms with van der Waals surface area (Å²) in [5.41, 5.74) is -0.382. The molecule has 18 heavy (non-hydrogen) atoms. The van der Waals surface area contributed by atoms with Crippen molar-refractivity contribution in [1.82, 2.24) is 4.90 Å². The number of carbonyl (C=O) groups excluding carboxylic acids is 1. The van der Waals surface area contributed by atoms with E-state index in [0.717, 1.165) is 23.6 Å². The van der Waals surface area contributed by atoms with E-state index in [1.54, 1.807) is 26.5 Å². The van der Waals surface area contributed by atoms with Gasteiger partial charge in [0, 0.05) is 24.6 Å². The van der Waals surface area contributed by atoms with E-state index < -0.39 is 17.7 Å². The number of benzene rings is 1. The fourth-order valence-electron chi connectivity index (χ4n) is 1.53.